The van der Waals surface area contributed by atoms with Gasteiger partial charge < -0.3 is 0 Å². The summed E-state index contributed by atoms with van der Waals surface area (Å²) < 4.78 is 2.87. The molecule has 0 spiro atoms. The van der Waals surface area contributed by atoms with E-state index in [1.165, 1.54) is 69.6 Å². The van der Waals surface area contributed by atoms with Crippen molar-refractivity contribution in [2.24, 2.45) is 0 Å². The zero-order chi connectivity index (χ0) is 33.1. The number of rotatable bonds is 2. The Bertz CT molecular complexity index is 1270. The smallest absolute Gasteiger partial charge is 0.0404 e. The van der Waals surface area contributed by atoms with Crippen LogP contribution in [-0.2, 0) is 32.5 Å². The second-order valence-corrected chi connectivity index (χ2v) is 22.7. The van der Waals surface area contributed by atoms with Crippen LogP contribution in [-0.4, -0.2) is 9.25 Å². The molecule has 0 aromatic heterocycles. The lowest BCUT2D eigenvalue weighted by Gasteiger charge is -2.32. The number of benzene rings is 2. The van der Waals surface area contributed by atoms with Gasteiger partial charge in [-0.05, 0) is 78.0 Å². The third-order valence-electron chi connectivity index (χ3n) is 8.21. The van der Waals surface area contributed by atoms with Crippen molar-refractivity contribution in [3.05, 3.63) is 69.8 Å². The molecule has 0 bridgehead atoms. The summed E-state index contributed by atoms with van der Waals surface area (Å²) in [4.78, 5) is 0. The van der Waals surface area contributed by atoms with E-state index in [0.717, 1.165) is 0 Å². The highest BCUT2D eigenvalue weighted by Crippen LogP contribution is 2.39. The Hall–Kier alpha value is -1.13. The molecule has 0 unspecified atom stereocenters. The predicted molar refractivity (Wildman–Crippen MR) is 205 cm³/mol. The minimum atomic E-state index is 0.0694. The fourth-order valence-electron chi connectivity index (χ4n) is 5.32. The fourth-order valence-corrected chi connectivity index (χ4v) is 10.3. The highest BCUT2D eigenvalue weighted by molar-refractivity contribution is 8.34. The van der Waals surface area contributed by atoms with Crippen molar-refractivity contribution in [3.63, 3.8) is 0 Å². The summed E-state index contributed by atoms with van der Waals surface area (Å²) in [7, 11) is 2.64. The van der Waals surface area contributed by atoms with Crippen LogP contribution in [0.1, 0.15) is 158 Å². The topological polar surface area (TPSA) is 0 Å². The van der Waals surface area contributed by atoms with Crippen LogP contribution in [0.4, 0.5) is 0 Å². The molecule has 2 aromatic carbocycles. The van der Waals surface area contributed by atoms with Crippen molar-refractivity contribution >= 4 is 48.0 Å². The van der Waals surface area contributed by atoms with Crippen LogP contribution in [0, 0.1) is 0 Å². The lowest BCUT2D eigenvalue weighted by molar-refractivity contribution is 0.553. The molecule has 2 aromatic rings. The molecule has 0 nitrogen and oxygen atoms in total. The van der Waals surface area contributed by atoms with E-state index in [2.05, 4.69) is 161 Å². The van der Waals surface area contributed by atoms with Crippen molar-refractivity contribution < 1.29 is 0 Å². The maximum Gasteiger partial charge on any atom is 0.0404 e. The van der Waals surface area contributed by atoms with Crippen LogP contribution in [0.2, 0.25) is 0 Å². The Balaban J connectivity index is 2.24. The van der Waals surface area contributed by atoms with Crippen molar-refractivity contribution in [1.82, 2.24) is 0 Å². The van der Waals surface area contributed by atoms with Gasteiger partial charge in [0.05, 0.1) is 0 Å². The first-order valence-corrected chi connectivity index (χ1v) is 18.6. The zero-order valence-electron chi connectivity index (χ0n) is 30.8. The SMILES string of the molecule is CC(C)(C)c1cc(C(C)(C)C)c(P=C2C=CC(=Pc3c(C(C)(C)C)cc(C(C)(C)C)cc3C(C)(C)C)S2)c(C(C)(C)C)c1. The van der Waals surface area contributed by atoms with Crippen LogP contribution in [0.3, 0.4) is 0 Å². The van der Waals surface area contributed by atoms with Crippen LogP contribution in [0.15, 0.2) is 36.4 Å². The largest absolute Gasteiger partial charge is 0.0800 e. The van der Waals surface area contributed by atoms with Gasteiger partial charge in [-0.3, -0.25) is 0 Å². The van der Waals surface area contributed by atoms with E-state index in [-0.39, 0.29) is 32.5 Å². The average Bonchev–Trinajstić information content (AvgIpc) is 3.21. The molecule has 0 amide bonds. The summed E-state index contributed by atoms with van der Waals surface area (Å²) in [5, 5.41) is 3.00. The molecule has 0 aliphatic carbocycles. The predicted octanol–water partition coefficient (Wildman–Crippen LogP) is 11.9. The second kappa shape index (κ2) is 11.9. The van der Waals surface area contributed by atoms with E-state index in [1.807, 2.05) is 11.8 Å². The van der Waals surface area contributed by atoms with Crippen LogP contribution >= 0.6 is 28.2 Å². The third-order valence-corrected chi connectivity index (χ3v) is 12.1. The van der Waals surface area contributed by atoms with E-state index >= 15 is 0 Å². The highest BCUT2D eigenvalue weighted by atomic mass is 32.2. The van der Waals surface area contributed by atoms with E-state index < -0.39 is 0 Å². The average molecular weight is 635 g/mol. The first-order chi connectivity index (χ1) is 19.1. The van der Waals surface area contributed by atoms with Gasteiger partial charge in [0.1, 0.15) is 0 Å². The minimum Gasteiger partial charge on any atom is -0.0800 e. The Morgan fingerprint density at radius 2 is 0.605 bits per heavy atom. The molecule has 0 radical (unpaired) electrons. The monoisotopic (exact) mass is 634 g/mol. The molecule has 0 N–H and O–H groups in total. The molecule has 3 rings (SSSR count). The molecule has 43 heavy (non-hydrogen) atoms. The highest BCUT2D eigenvalue weighted by Gasteiger charge is 2.31. The summed E-state index contributed by atoms with van der Waals surface area (Å²) >= 11 is 1.99. The van der Waals surface area contributed by atoms with Crippen LogP contribution < -0.4 is 10.6 Å². The van der Waals surface area contributed by atoms with Crippen LogP contribution in [0.25, 0.3) is 0 Å². The number of hydrogen-bond acceptors (Lipinski definition) is 1. The summed E-state index contributed by atoms with van der Waals surface area (Å²) in [6.07, 6.45) is 4.78. The molecule has 1 aliphatic rings. The Kier molecular flexibility index (Phi) is 10.1. The molecule has 1 heterocycles. The van der Waals surface area contributed by atoms with Gasteiger partial charge in [-0.1, -0.05) is 177 Å². The van der Waals surface area contributed by atoms with Gasteiger partial charge >= 0.3 is 0 Å². The molecule has 0 saturated carbocycles. The summed E-state index contributed by atoms with van der Waals surface area (Å²) in [6, 6.07) is 10.0. The maximum absolute atomic E-state index is 2.51. The van der Waals surface area contributed by atoms with Crippen molar-refractivity contribution in [1.29, 1.82) is 0 Å². The summed E-state index contributed by atoms with van der Waals surface area (Å²) in [5.41, 5.74) is 9.34. The summed E-state index contributed by atoms with van der Waals surface area (Å²) in [6.45, 7) is 42.6. The normalized spacial score (nSPS) is 17.4. The Labute approximate surface area is 273 Å². The van der Waals surface area contributed by atoms with E-state index in [9.17, 15) is 0 Å². The van der Waals surface area contributed by atoms with Crippen molar-refractivity contribution in [3.8, 4) is 0 Å². The van der Waals surface area contributed by atoms with E-state index in [4.69, 9.17) is 0 Å². The van der Waals surface area contributed by atoms with E-state index in [0.29, 0.717) is 0 Å². The quantitative estimate of drug-likeness (QED) is 0.296. The van der Waals surface area contributed by atoms with Gasteiger partial charge in [0, 0.05) is 19.9 Å². The van der Waals surface area contributed by atoms with Gasteiger partial charge in [0.25, 0.3) is 0 Å². The van der Waals surface area contributed by atoms with Gasteiger partial charge in [0.15, 0.2) is 0 Å². The van der Waals surface area contributed by atoms with Crippen molar-refractivity contribution in [2.45, 2.75) is 157 Å². The first kappa shape index (κ1) is 36.3. The number of hydrogen-bond donors (Lipinski definition) is 0. The fraction of sp³-hybridized carbons (Fsp3) is 0.600. The van der Waals surface area contributed by atoms with Crippen molar-refractivity contribution in [2.75, 3.05) is 0 Å². The lowest BCUT2D eigenvalue weighted by Crippen LogP contribution is -2.30. The summed E-state index contributed by atoms with van der Waals surface area (Å²) in [5.74, 6) is 0. The van der Waals surface area contributed by atoms with Crippen LogP contribution in [0.5, 0.6) is 0 Å². The van der Waals surface area contributed by atoms with Gasteiger partial charge in [-0.25, -0.2) is 0 Å². The molecule has 1 aliphatic heterocycles. The van der Waals surface area contributed by atoms with Gasteiger partial charge in [0.2, 0.25) is 0 Å². The molecule has 0 fully saturated rings. The first-order valence-electron chi connectivity index (χ1n) is 16.0. The maximum atomic E-state index is 2.51. The van der Waals surface area contributed by atoms with E-state index in [1.54, 1.807) is 0 Å². The molecular formula is C40H60P2S. The lowest BCUT2D eigenvalue weighted by atomic mass is 9.75. The van der Waals surface area contributed by atoms with Gasteiger partial charge in [-0.2, -0.15) is 0 Å². The molecule has 236 valence electrons. The zero-order valence-corrected chi connectivity index (χ0v) is 33.4. The second-order valence-electron chi connectivity index (χ2n) is 18.7. The minimum absolute atomic E-state index is 0.0694. The third kappa shape index (κ3) is 8.78. The molecule has 3 heteroatoms. The number of thioether (sulfide) groups is 1. The van der Waals surface area contributed by atoms with Gasteiger partial charge in [-0.15, -0.1) is 0 Å². The Morgan fingerprint density at radius 1 is 0.372 bits per heavy atom. The standard InChI is InChI=1S/C40H60P2S/c1-35(2,3)25-21-27(37(7,8)9)33(28(22-25)38(10,11)12)41-31-19-20-32(43-31)42-34-29(39(13,14)15)23-26(36(4,5)6)24-30(34)40(16,17)18/h19-24H,1-18H3. The Morgan fingerprint density at radius 3 is 0.791 bits per heavy atom. The molecular weight excluding hydrogens is 574 g/mol. The molecule has 0 atom stereocenters. The molecule has 0 saturated heterocycles.